The summed E-state index contributed by atoms with van der Waals surface area (Å²) in [7, 11) is 1.33. The van der Waals surface area contributed by atoms with Crippen molar-refractivity contribution in [1.82, 2.24) is 0 Å². The molecule has 0 spiro atoms. The molecular formula is C16H13IO4. The number of carbonyl (C=O) groups is 2. The van der Waals surface area contributed by atoms with E-state index >= 15 is 0 Å². The topological polar surface area (TPSA) is 52.6 Å². The fourth-order valence-corrected chi connectivity index (χ4v) is 2.03. The molecule has 0 saturated carbocycles. The van der Waals surface area contributed by atoms with Gasteiger partial charge >= 0.3 is 11.9 Å². The molecule has 0 aromatic heterocycles. The van der Waals surface area contributed by atoms with Crippen LogP contribution in [-0.4, -0.2) is 19.0 Å². The second-order valence-corrected chi connectivity index (χ2v) is 5.52. The molecular weight excluding hydrogens is 383 g/mol. The first-order valence-electron chi connectivity index (χ1n) is 6.20. The van der Waals surface area contributed by atoms with Crippen LogP contribution in [0.2, 0.25) is 0 Å². The van der Waals surface area contributed by atoms with Crippen LogP contribution in [0.5, 0.6) is 0 Å². The van der Waals surface area contributed by atoms with Crippen molar-refractivity contribution in [2.24, 2.45) is 0 Å². The van der Waals surface area contributed by atoms with Gasteiger partial charge in [-0.1, -0.05) is 12.1 Å². The van der Waals surface area contributed by atoms with Gasteiger partial charge in [-0.15, -0.1) is 0 Å². The SMILES string of the molecule is COC(=O)c1ccc(COC(=O)c2ccc(I)cc2)cc1. The molecule has 0 atom stereocenters. The molecule has 0 saturated heterocycles. The van der Waals surface area contributed by atoms with E-state index in [2.05, 4.69) is 27.3 Å². The number of hydrogen-bond donors (Lipinski definition) is 0. The molecule has 0 radical (unpaired) electrons. The van der Waals surface area contributed by atoms with E-state index in [1.807, 2.05) is 12.1 Å². The first-order chi connectivity index (χ1) is 10.1. The first kappa shape index (κ1) is 15.5. The second-order valence-electron chi connectivity index (χ2n) is 4.27. The summed E-state index contributed by atoms with van der Waals surface area (Å²) in [4.78, 5) is 23.1. The van der Waals surface area contributed by atoms with Gasteiger partial charge in [-0.05, 0) is 64.6 Å². The second kappa shape index (κ2) is 7.21. The Kier molecular flexibility index (Phi) is 5.32. The maximum Gasteiger partial charge on any atom is 0.338 e. The van der Waals surface area contributed by atoms with E-state index in [1.165, 1.54) is 7.11 Å². The van der Waals surface area contributed by atoms with Crippen molar-refractivity contribution in [3.63, 3.8) is 0 Å². The van der Waals surface area contributed by atoms with Gasteiger partial charge in [-0.25, -0.2) is 9.59 Å². The van der Waals surface area contributed by atoms with Crippen LogP contribution in [0, 0.1) is 3.57 Å². The van der Waals surface area contributed by atoms with Gasteiger partial charge in [0.05, 0.1) is 18.2 Å². The van der Waals surface area contributed by atoms with E-state index in [0.29, 0.717) is 11.1 Å². The van der Waals surface area contributed by atoms with Gasteiger partial charge in [-0.2, -0.15) is 0 Å². The minimum atomic E-state index is -0.391. The lowest BCUT2D eigenvalue weighted by atomic mass is 10.1. The van der Waals surface area contributed by atoms with E-state index in [0.717, 1.165) is 9.13 Å². The smallest absolute Gasteiger partial charge is 0.338 e. The van der Waals surface area contributed by atoms with Crippen molar-refractivity contribution < 1.29 is 19.1 Å². The summed E-state index contributed by atoms with van der Waals surface area (Å²) in [6, 6.07) is 13.9. The predicted octanol–water partition coefficient (Wildman–Crippen LogP) is 3.43. The molecule has 0 fully saturated rings. The third kappa shape index (κ3) is 4.29. The van der Waals surface area contributed by atoms with Crippen LogP contribution in [0.25, 0.3) is 0 Å². The summed E-state index contributed by atoms with van der Waals surface area (Å²) in [5, 5.41) is 0. The molecule has 0 amide bonds. The zero-order valence-electron chi connectivity index (χ0n) is 11.3. The predicted molar refractivity (Wildman–Crippen MR) is 86.1 cm³/mol. The molecule has 0 aliphatic carbocycles. The van der Waals surface area contributed by atoms with Crippen molar-refractivity contribution in [3.05, 3.63) is 68.8 Å². The molecule has 21 heavy (non-hydrogen) atoms. The van der Waals surface area contributed by atoms with Gasteiger partial charge in [0.25, 0.3) is 0 Å². The van der Waals surface area contributed by atoms with Gasteiger partial charge in [0, 0.05) is 3.57 Å². The summed E-state index contributed by atoms with van der Waals surface area (Å²) in [5.41, 5.74) is 1.79. The Morgan fingerprint density at radius 3 is 2.00 bits per heavy atom. The molecule has 0 aliphatic rings. The lowest BCUT2D eigenvalue weighted by Crippen LogP contribution is -2.06. The summed E-state index contributed by atoms with van der Waals surface area (Å²) in [5.74, 6) is -0.763. The summed E-state index contributed by atoms with van der Waals surface area (Å²) in [6.45, 7) is 0.159. The minimum absolute atomic E-state index is 0.159. The van der Waals surface area contributed by atoms with Crippen molar-refractivity contribution in [1.29, 1.82) is 0 Å². The molecule has 2 rings (SSSR count). The highest BCUT2D eigenvalue weighted by atomic mass is 127. The Labute approximate surface area is 136 Å². The molecule has 0 bridgehead atoms. The highest BCUT2D eigenvalue weighted by Gasteiger charge is 2.08. The van der Waals surface area contributed by atoms with Crippen LogP contribution in [0.15, 0.2) is 48.5 Å². The number of hydrogen-bond acceptors (Lipinski definition) is 4. The van der Waals surface area contributed by atoms with E-state index < -0.39 is 5.97 Å². The number of esters is 2. The fourth-order valence-electron chi connectivity index (χ4n) is 1.67. The average molecular weight is 396 g/mol. The number of ether oxygens (including phenoxy) is 2. The van der Waals surface area contributed by atoms with Crippen molar-refractivity contribution >= 4 is 34.5 Å². The molecule has 5 heteroatoms. The highest BCUT2D eigenvalue weighted by Crippen LogP contribution is 2.11. The van der Waals surface area contributed by atoms with E-state index in [-0.39, 0.29) is 12.6 Å². The number of carbonyl (C=O) groups excluding carboxylic acids is 2. The number of halogens is 1. The Morgan fingerprint density at radius 2 is 1.43 bits per heavy atom. The summed E-state index contributed by atoms with van der Waals surface area (Å²) >= 11 is 2.17. The maximum atomic E-state index is 11.9. The van der Waals surface area contributed by atoms with Gasteiger partial charge in [0.2, 0.25) is 0 Å². The van der Waals surface area contributed by atoms with Gasteiger partial charge < -0.3 is 9.47 Å². The van der Waals surface area contributed by atoms with Crippen LogP contribution in [-0.2, 0) is 16.1 Å². The van der Waals surface area contributed by atoms with Crippen molar-refractivity contribution in [3.8, 4) is 0 Å². The van der Waals surface area contributed by atoms with Gasteiger partial charge in [0.15, 0.2) is 0 Å². The largest absolute Gasteiger partial charge is 0.465 e. The lowest BCUT2D eigenvalue weighted by molar-refractivity contribution is 0.0471. The molecule has 2 aromatic carbocycles. The number of benzene rings is 2. The molecule has 2 aromatic rings. The Hall–Kier alpha value is -1.89. The third-order valence-corrected chi connectivity index (χ3v) is 3.54. The first-order valence-corrected chi connectivity index (χ1v) is 7.28. The standard InChI is InChI=1S/C16H13IO4/c1-20-15(18)12-4-2-11(3-5-12)10-21-16(19)13-6-8-14(17)9-7-13/h2-9H,10H2,1H3. The Balaban J connectivity index is 1.95. The van der Waals surface area contributed by atoms with Gasteiger partial charge in [-0.3, -0.25) is 0 Å². The average Bonchev–Trinajstić information content (AvgIpc) is 2.53. The number of rotatable bonds is 4. The van der Waals surface area contributed by atoms with Crippen molar-refractivity contribution in [2.45, 2.75) is 6.61 Å². The summed E-state index contributed by atoms with van der Waals surface area (Å²) < 4.78 is 10.9. The van der Waals surface area contributed by atoms with Crippen LogP contribution < -0.4 is 0 Å². The molecule has 108 valence electrons. The molecule has 4 nitrogen and oxygen atoms in total. The van der Waals surface area contributed by atoms with Crippen LogP contribution in [0.4, 0.5) is 0 Å². The van der Waals surface area contributed by atoms with Gasteiger partial charge in [0.1, 0.15) is 6.61 Å². The Bertz CT molecular complexity index is 632. The van der Waals surface area contributed by atoms with E-state index in [4.69, 9.17) is 4.74 Å². The maximum absolute atomic E-state index is 11.9. The third-order valence-electron chi connectivity index (χ3n) is 2.82. The quantitative estimate of drug-likeness (QED) is 0.587. The zero-order chi connectivity index (χ0) is 15.2. The van der Waals surface area contributed by atoms with Crippen molar-refractivity contribution in [2.75, 3.05) is 7.11 Å². The lowest BCUT2D eigenvalue weighted by Gasteiger charge is -2.06. The molecule has 0 N–H and O–H groups in total. The monoisotopic (exact) mass is 396 g/mol. The van der Waals surface area contributed by atoms with Crippen LogP contribution >= 0.6 is 22.6 Å². The fraction of sp³-hybridized carbons (Fsp3) is 0.125. The minimum Gasteiger partial charge on any atom is -0.465 e. The summed E-state index contributed by atoms with van der Waals surface area (Å²) in [6.07, 6.45) is 0. The highest BCUT2D eigenvalue weighted by molar-refractivity contribution is 14.1. The number of methoxy groups -OCH3 is 1. The van der Waals surface area contributed by atoms with Crippen LogP contribution in [0.3, 0.4) is 0 Å². The van der Waals surface area contributed by atoms with Crippen LogP contribution in [0.1, 0.15) is 26.3 Å². The molecule has 0 aliphatic heterocycles. The molecule has 0 heterocycles. The van der Waals surface area contributed by atoms with E-state index in [1.54, 1.807) is 36.4 Å². The Morgan fingerprint density at radius 1 is 0.905 bits per heavy atom. The molecule has 0 unspecified atom stereocenters. The zero-order valence-corrected chi connectivity index (χ0v) is 13.5. The normalized spacial score (nSPS) is 10.0. The van der Waals surface area contributed by atoms with E-state index in [9.17, 15) is 9.59 Å².